The minimum Gasteiger partial charge on any atom is -0.423 e. The second-order valence-electron chi connectivity index (χ2n) is 2.62. The van der Waals surface area contributed by atoms with Crippen LogP contribution in [0.15, 0.2) is 23.2 Å². The number of nitro groups is 1. The smallest absolute Gasteiger partial charge is 0.423 e. The molecule has 8 heteroatoms. The van der Waals surface area contributed by atoms with Crippen molar-refractivity contribution in [2.24, 2.45) is 4.99 Å². The van der Waals surface area contributed by atoms with Crippen molar-refractivity contribution in [3.63, 3.8) is 0 Å². The summed E-state index contributed by atoms with van der Waals surface area (Å²) in [6, 6.07) is 3.15. The van der Waals surface area contributed by atoms with E-state index in [-0.39, 0.29) is 16.8 Å². The molecule has 0 spiro atoms. The summed E-state index contributed by atoms with van der Waals surface area (Å²) >= 11 is 0. The highest BCUT2D eigenvalue weighted by Gasteiger charge is 2.17. The molecule has 0 amide bonds. The van der Waals surface area contributed by atoms with Crippen LogP contribution in [0.2, 0.25) is 0 Å². The van der Waals surface area contributed by atoms with Crippen LogP contribution < -0.4 is 5.46 Å². The van der Waals surface area contributed by atoms with Gasteiger partial charge < -0.3 is 10.0 Å². The molecule has 0 fully saturated rings. The lowest BCUT2D eigenvalue weighted by Crippen LogP contribution is -2.29. The number of hydrogen-bond acceptors (Lipinski definition) is 6. The Balaban J connectivity index is 3.32. The monoisotopic (exact) mass is 208 g/mol. The molecule has 0 saturated heterocycles. The molecule has 76 valence electrons. The molecule has 0 atom stereocenters. The second kappa shape index (κ2) is 4.47. The number of nitrogens with zero attached hydrogens (tertiary/aromatic N) is 2. The van der Waals surface area contributed by atoms with Gasteiger partial charge in [0.2, 0.25) is 6.08 Å². The fourth-order valence-electron chi connectivity index (χ4n) is 0.990. The van der Waals surface area contributed by atoms with E-state index in [2.05, 4.69) is 4.99 Å². The van der Waals surface area contributed by atoms with Gasteiger partial charge in [-0.2, -0.15) is 4.99 Å². The SMILES string of the molecule is O=C=Nc1cc(B(O)O)cc([N+](=O)[O-])c1. The highest BCUT2D eigenvalue weighted by molar-refractivity contribution is 6.58. The molecule has 1 aromatic carbocycles. The van der Waals surface area contributed by atoms with Gasteiger partial charge in [-0.05, 0) is 11.5 Å². The lowest BCUT2D eigenvalue weighted by Gasteiger charge is -2.00. The van der Waals surface area contributed by atoms with E-state index < -0.39 is 12.0 Å². The van der Waals surface area contributed by atoms with E-state index in [9.17, 15) is 14.9 Å². The molecule has 0 unspecified atom stereocenters. The fraction of sp³-hybridized carbons (Fsp3) is 0. The van der Waals surface area contributed by atoms with E-state index in [1.54, 1.807) is 0 Å². The van der Waals surface area contributed by atoms with E-state index in [0.717, 1.165) is 18.2 Å². The van der Waals surface area contributed by atoms with Gasteiger partial charge in [-0.15, -0.1) is 0 Å². The second-order valence-corrected chi connectivity index (χ2v) is 2.62. The van der Waals surface area contributed by atoms with Gasteiger partial charge in [0.25, 0.3) is 5.69 Å². The molecule has 0 aliphatic heterocycles. The number of aliphatic imine (C=N–C) groups is 1. The molecule has 15 heavy (non-hydrogen) atoms. The fourth-order valence-corrected chi connectivity index (χ4v) is 0.990. The molecular weight excluding hydrogens is 203 g/mol. The van der Waals surface area contributed by atoms with Crippen molar-refractivity contribution in [2.75, 3.05) is 0 Å². The molecule has 0 radical (unpaired) electrons. The van der Waals surface area contributed by atoms with Crippen LogP contribution in [0.1, 0.15) is 0 Å². The Morgan fingerprint density at radius 1 is 1.40 bits per heavy atom. The normalized spacial score (nSPS) is 9.20. The molecule has 0 aliphatic rings. The molecule has 1 rings (SSSR count). The Morgan fingerprint density at radius 2 is 2.07 bits per heavy atom. The van der Waals surface area contributed by atoms with Gasteiger partial charge in [0.1, 0.15) is 0 Å². The van der Waals surface area contributed by atoms with Crippen LogP contribution in [-0.2, 0) is 4.79 Å². The minimum absolute atomic E-state index is 0.0534. The molecule has 1 aromatic rings. The highest BCUT2D eigenvalue weighted by Crippen LogP contribution is 2.17. The van der Waals surface area contributed by atoms with Crippen LogP contribution in [0.3, 0.4) is 0 Å². The van der Waals surface area contributed by atoms with Crippen LogP contribution in [0.25, 0.3) is 0 Å². The van der Waals surface area contributed by atoms with E-state index in [4.69, 9.17) is 10.0 Å². The standard InChI is InChI=1S/C7H5BN2O5/c11-4-9-6-1-5(8(12)13)2-7(3-6)10(14)15/h1-3,12-13H. The van der Waals surface area contributed by atoms with Crippen molar-refractivity contribution in [3.8, 4) is 0 Å². The zero-order chi connectivity index (χ0) is 11.4. The molecule has 0 saturated carbocycles. The highest BCUT2D eigenvalue weighted by atomic mass is 16.6. The van der Waals surface area contributed by atoms with E-state index >= 15 is 0 Å². The van der Waals surface area contributed by atoms with Crippen molar-refractivity contribution < 1.29 is 19.8 Å². The number of nitro benzene ring substituents is 1. The van der Waals surface area contributed by atoms with Gasteiger partial charge in [0.05, 0.1) is 10.6 Å². The molecule has 0 aliphatic carbocycles. The first-order valence-corrected chi connectivity index (χ1v) is 3.78. The zero-order valence-corrected chi connectivity index (χ0v) is 7.32. The number of carbonyl (C=O) groups excluding carboxylic acids is 1. The summed E-state index contributed by atoms with van der Waals surface area (Å²) in [5, 5.41) is 28.1. The van der Waals surface area contributed by atoms with Gasteiger partial charge in [-0.1, -0.05) is 0 Å². The van der Waals surface area contributed by atoms with Gasteiger partial charge in [0.15, 0.2) is 0 Å². The molecule has 2 N–H and O–H groups in total. The summed E-state index contributed by atoms with van der Waals surface area (Å²) in [5.74, 6) is 0. The number of non-ortho nitro benzene ring substituents is 1. The van der Waals surface area contributed by atoms with Crippen LogP contribution >= 0.6 is 0 Å². The lowest BCUT2D eigenvalue weighted by atomic mass is 9.80. The maximum absolute atomic E-state index is 10.4. The number of isocyanates is 1. The third kappa shape index (κ3) is 2.71. The van der Waals surface area contributed by atoms with Crippen molar-refractivity contribution in [3.05, 3.63) is 28.3 Å². The van der Waals surface area contributed by atoms with E-state index in [0.29, 0.717) is 0 Å². The van der Waals surface area contributed by atoms with Crippen molar-refractivity contribution >= 4 is 30.0 Å². The summed E-state index contributed by atoms with van der Waals surface area (Å²) in [7, 11) is -1.86. The topological polar surface area (TPSA) is 113 Å². The number of benzene rings is 1. The zero-order valence-electron chi connectivity index (χ0n) is 7.32. The van der Waals surface area contributed by atoms with Gasteiger partial charge in [-0.3, -0.25) is 10.1 Å². The molecule has 7 nitrogen and oxygen atoms in total. The third-order valence-corrected chi connectivity index (χ3v) is 1.61. The summed E-state index contributed by atoms with van der Waals surface area (Å²) in [4.78, 5) is 22.8. The quantitative estimate of drug-likeness (QED) is 0.223. The van der Waals surface area contributed by atoms with Crippen LogP contribution in [0.5, 0.6) is 0 Å². The Hall–Kier alpha value is -2.02. The maximum Gasteiger partial charge on any atom is 0.488 e. The Labute approximate surface area is 84.0 Å². The van der Waals surface area contributed by atoms with Gasteiger partial charge in [0, 0.05) is 12.1 Å². The first-order chi connectivity index (χ1) is 7.04. The maximum atomic E-state index is 10.4. The summed E-state index contributed by atoms with van der Waals surface area (Å²) in [6.45, 7) is 0. The van der Waals surface area contributed by atoms with Gasteiger partial charge >= 0.3 is 7.12 Å². The number of hydrogen-bond donors (Lipinski definition) is 2. The first kappa shape index (κ1) is 11.1. The Bertz CT molecular complexity index is 421. The van der Waals surface area contributed by atoms with E-state index in [1.165, 1.54) is 6.08 Å². The van der Waals surface area contributed by atoms with Crippen molar-refractivity contribution in [1.29, 1.82) is 0 Å². The van der Waals surface area contributed by atoms with Gasteiger partial charge in [-0.25, -0.2) is 4.79 Å². The average molecular weight is 208 g/mol. The van der Waals surface area contributed by atoms with Crippen LogP contribution in [-0.4, -0.2) is 28.2 Å². The predicted octanol–water partition coefficient (Wildman–Crippen LogP) is -0.758. The summed E-state index contributed by atoms with van der Waals surface area (Å²) < 4.78 is 0. The van der Waals surface area contributed by atoms with Crippen molar-refractivity contribution in [2.45, 2.75) is 0 Å². The van der Waals surface area contributed by atoms with Crippen LogP contribution in [0.4, 0.5) is 11.4 Å². The molecule has 0 bridgehead atoms. The van der Waals surface area contributed by atoms with Crippen molar-refractivity contribution in [1.82, 2.24) is 0 Å². The predicted molar refractivity (Wildman–Crippen MR) is 50.7 cm³/mol. The summed E-state index contributed by atoms with van der Waals surface area (Å²) in [5.41, 5.74) is -0.546. The average Bonchev–Trinajstić information content (AvgIpc) is 2.17. The summed E-state index contributed by atoms with van der Waals surface area (Å²) in [6.07, 6.45) is 1.21. The number of rotatable bonds is 3. The molecule has 0 heterocycles. The minimum atomic E-state index is -1.86. The third-order valence-electron chi connectivity index (χ3n) is 1.61. The van der Waals surface area contributed by atoms with Crippen LogP contribution in [0, 0.1) is 10.1 Å². The van der Waals surface area contributed by atoms with E-state index in [1.807, 2.05) is 0 Å². The Kier molecular flexibility index (Phi) is 3.30. The largest absolute Gasteiger partial charge is 0.488 e. The Morgan fingerprint density at radius 3 is 2.53 bits per heavy atom. The lowest BCUT2D eigenvalue weighted by molar-refractivity contribution is -0.384. The molecule has 0 aromatic heterocycles. The first-order valence-electron chi connectivity index (χ1n) is 3.78. The molecular formula is C7H5BN2O5.